The van der Waals surface area contributed by atoms with Crippen LogP contribution in [-0.2, 0) is 4.84 Å². The number of thioether (sulfide) groups is 1. The minimum Gasteiger partial charge on any atom is -0.391 e. The van der Waals surface area contributed by atoms with Crippen LogP contribution in [0.15, 0.2) is 36.2 Å². The molecule has 2 N–H and O–H groups in total. The van der Waals surface area contributed by atoms with Crippen LogP contribution in [0.5, 0.6) is 0 Å². The number of rotatable bonds is 0. The molecule has 2 rings (SSSR count). The fourth-order valence-corrected chi connectivity index (χ4v) is 0.980. The normalized spacial score (nSPS) is 17.5. The summed E-state index contributed by atoms with van der Waals surface area (Å²) in [6.45, 7) is 0. The van der Waals surface area contributed by atoms with Gasteiger partial charge in [-0.2, -0.15) is 0 Å². The molecule has 0 saturated carbocycles. The SMILES string of the molecule is C1=CNOC=C1.C1=CSCN1. The average molecular weight is 170 g/mol. The fraction of sp³-hybridized carbons (Fsp3) is 0.143. The molecule has 3 nitrogen and oxygen atoms in total. The lowest BCUT2D eigenvalue weighted by Crippen LogP contribution is -2.01. The second-order valence-electron chi connectivity index (χ2n) is 1.74. The van der Waals surface area contributed by atoms with Crippen molar-refractivity contribution >= 4 is 11.8 Å². The van der Waals surface area contributed by atoms with E-state index < -0.39 is 0 Å². The van der Waals surface area contributed by atoms with Gasteiger partial charge in [0.05, 0.1) is 5.88 Å². The number of hydrogen-bond acceptors (Lipinski definition) is 4. The summed E-state index contributed by atoms with van der Waals surface area (Å²) < 4.78 is 0. The van der Waals surface area contributed by atoms with Gasteiger partial charge in [-0.25, -0.2) is 5.48 Å². The lowest BCUT2D eigenvalue weighted by molar-refractivity contribution is 0.172. The van der Waals surface area contributed by atoms with E-state index in [0.29, 0.717) is 0 Å². The fourth-order valence-electron chi connectivity index (χ4n) is 0.499. The van der Waals surface area contributed by atoms with E-state index in [1.54, 1.807) is 30.3 Å². The molecule has 0 radical (unpaired) electrons. The topological polar surface area (TPSA) is 33.3 Å². The van der Waals surface area contributed by atoms with Gasteiger partial charge in [0.2, 0.25) is 0 Å². The molecule has 0 aromatic rings. The van der Waals surface area contributed by atoms with Gasteiger partial charge >= 0.3 is 0 Å². The molecule has 2 aliphatic heterocycles. The van der Waals surface area contributed by atoms with Gasteiger partial charge in [-0.3, -0.25) is 0 Å². The molecule has 0 aliphatic carbocycles. The maximum Gasteiger partial charge on any atom is 0.119 e. The van der Waals surface area contributed by atoms with Gasteiger partial charge in [0.1, 0.15) is 6.26 Å². The second kappa shape index (κ2) is 5.73. The minimum atomic E-state index is 1.06. The van der Waals surface area contributed by atoms with Crippen molar-refractivity contribution in [1.29, 1.82) is 0 Å². The third kappa shape index (κ3) is 4.38. The molecule has 0 aromatic carbocycles. The summed E-state index contributed by atoms with van der Waals surface area (Å²) in [6, 6.07) is 0. The Balaban J connectivity index is 0.000000112. The van der Waals surface area contributed by atoms with Gasteiger partial charge < -0.3 is 10.2 Å². The molecule has 0 spiro atoms. The molecule has 2 heterocycles. The quantitative estimate of drug-likeness (QED) is 0.574. The summed E-state index contributed by atoms with van der Waals surface area (Å²) in [7, 11) is 0. The first-order chi connectivity index (χ1) is 5.50. The highest BCUT2D eigenvalue weighted by molar-refractivity contribution is 8.02. The zero-order chi connectivity index (χ0) is 7.78. The number of hydrogen-bond donors (Lipinski definition) is 2. The summed E-state index contributed by atoms with van der Waals surface area (Å²) in [6.07, 6.45) is 8.88. The van der Waals surface area contributed by atoms with E-state index >= 15 is 0 Å². The average Bonchev–Trinajstić information content (AvgIpc) is 2.64. The smallest absolute Gasteiger partial charge is 0.119 e. The van der Waals surface area contributed by atoms with E-state index in [9.17, 15) is 0 Å². The molecule has 0 aromatic heterocycles. The highest BCUT2D eigenvalue weighted by atomic mass is 32.2. The molecule has 4 heteroatoms. The van der Waals surface area contributed by atoms with Crippen molar-refractivity contribution in [2.45, 2.75) is 0 Å². The van der Waals surface area contributed by atoms with Crippen LogP contribution in [0.4, 0.5) is 0 Å². The molecule has 0 amide bonds. The summed E-state index contributed by atoms with van der Waals surface area (Å²) in [5, 5.41) is 5.05. The van der Waals surface area contributed by atoms with Crippen LogP contribution in [0.2, 0.25) is 0 Å². The molecular formula is C7H10N2OS. The van der Waals surface area contributed by atoms with Gasteiger partial charge in [0.15, 0.2) is 0 Å². The lowest BCUT2D eigenvalue weighted by atomic mass is 10.6. The Kier molecular flexibility index (Phi) is 4.21. The Hall–Kier alpha value is -1.03. The van der Waals surface area contributed by atoms with Crippen molar-refractivity contribution in [3.8, 4) is 0 Å². The Morgan fingerprint density at radius 2 is 2.27 bits per heavy atom. The maximum absolute atomic E-state index is 4.55. The van der Waals surface area contributed by atoms with E-state index in [1.807, 2.05) is 17.7 Å². The number of allylic oxidation sites excluding steroid dienone is 2. The lowest BCUT2D eigenvalue weighted by Gasteiger charge is -1.97. The van der Waals surface area contributed by atoms with E-state index in [1.165, 1.54) is 0 Å². The van der Waals surface area contributed by atoms with Crippen molar-refractivity contribution in [1.82, 2.24) is 10.8 Å². The maximum atomic E-state index is 4.55. The predicted octanol–water partition coefficient (Wildman–Crippen LogP) is 1.30. The molecular weight excluding hydrogens is 160 g/mol. The van der Waals surface area contributed by atoms with Crippen molar-refractivity contribution in [2.24, 2.45) is 0 Å². The highest BCUT2D eigenvalue weighted by Gasteiger charge is 1.81. The Morgan fingerprint density at radius 3 is 2.45 bits per heavy atom. The zero-order valence-corrected chi connectivity index (χ0v) is 6.80. The minimum absolute atomic E-state index is 1.06. The molecule has 0 unspecified atom stereocenters. The van der Waals surface area contributed by atoms with Crippen molar-refractivity contribution in [3.05, 3.63) is 36.2 Å². The Labute approximate surface area is 70.1 Å². The van der Waals surface area contributed by atoms with Crippen LogP contribution in [0.3, 0.4) is 0 Å². The first-order valence-electron chi connectivity index (χ1n) is 3.23. The second-order valence-corrected chi connectivity index (χ2v) is 2.64. The monoisotopic (exact) mass is 170 g/mol. The first-order valence-corrected chi connectivity index (χ1v) is 4.28. The molecule has 0 fully saturated rings. The predicted molar refractivity (Wildman–Crippen MR) is 47.2 cm³/mol. The molecule has 0 atom stereocenters. The molecule has 0 bridgehead atoms. The van der Waals surface area contributed by atoms with Crippen molar-refractivity contribution < 1.29 is 4.84 Å². The van der Waals surface area contributed by atoms with Gasteiger partial charge in [-0.15, -0.1) is 11.8 Å². The summed E-state index contributed by atoms with van der Waals surface area (Å²) in [4.78, 5) is 4.55. The molecule has 11 heavy (non-hydrogen) atoms. The molecule has 0 saturated heterocycles. The third-order valence-corrected chi connectivity index (χ3v) is 1.60. The standard InChI is InChI=1S/C4H5NO.C3H5NS/c1-2-4-6-5-3-1;1-2-5-3-4-1/h1-5H;1-2,4H,3H2. The van der Waals surface area contributed by atoms with Crippen LogP contribution in [-0.4, -0.2) is 5.88 Å². The number of hydroxylamine groups is 1. The summed E-state index contributed by atoms with van der Waals surface area (Å²) in [5.41, 5.74) is 2.52. The van der Waals surface area contributed by atoms with Crippen LogP contribution in [0.25, 0.3) is 0 Å². The summed E-state index contributed by atoms with van der Waals surface area (Å²) >= 11 is 1.78. The van der Waals surface area contributed by atoms with Crippen LogP contribution >= 0.6 is 11.8 Å². The molecule has 2 aliphatic rings. The van der Waals surface area contributed by atoms with Crippen LogP contribution in [0, 0.1) is 0 Å². The molecule has 60 valence electrons. The first kappa shape index (κ1) is 8.07. The third-order valence-electron chi connectivity index (χ3n) is 0.939. The van der Waals surface area contributed by atoms with E-state index in [0.717, 1.165) is 5.88 Å². The number of nitrogens with one attached hydrogen (secondary N) is 2. The Morgan fingerprint density at radius 1 is 1.27 bits per heavy atom. The van der Waals surface area contributed by atoms with Crippen molar-refractivity contribution in [2.75, 3.05) is 5.88 Å². The van der Waals surface area contributed by atoms with E-state index in [2.05, 4.69) is 15.6 Å². The van der Waals surface area contributed by atoms with E-state index in [-0.39, 0.29) is 0 Å². The zero-order valence-electron chi connectivity index (χ0n) is 5.99. The van der Waals surface area contributed by atoms with Gasteiger partial charge in [-0.1, -0.05) is 0 Å². The highest BCUT2D eigenvalue weighted by Crippen LogP contribution is 2.02. The summed E-state index contributed by atoms with van der Waals surface area (Å²) in [5.74, 6) is 1.06. The van der Waals surface area contributed by atoms with E-state index in [4.69, 9.17) is 0 Å². The van der Waals surface area contributed by atoms with Gasteiger partial charge in [0, 0.05) is 12.4 Å². The van der Waals surface area contributed by atoms with Crippen molar-refractivity contribution in [3.63, 3.8) is 0 Å². The largest absolute Gasteiger partial charge is 0.391 e. The van der Waals surface area contributed by atoms with Gasteiger partial charge in [0.25, 0.3) is 0 Å². The van der Waals surface area contributed by atoms with Crippen LogP contribution < -0.4 is 10.8 Å². The van der Waals surface area contributed by atoms with Crippen LogP contribution in [0.1, 0.15) is 0 Å². The Bertz CT molecular complexity index is 159. The van der Waals surface area contributed by atoms with Gasteiger partial charge in [-0.05, 0) is 17.6 Å².